The molecule has 0 bridgehead atoms. The fraction of sp³-hybridized carbons (Fsp3) is 0.273. The average molecular weight is 298 g/mol. The SMILES string of the molecule is CCOc1n[nH]c(NS(=O)(=O)c2cccc(OC)c2)n1. The zero-order chi connectivity index (χ0) is 14.6. The standard InChI is InChI=1S/C11H14N4O4S/c1-3-19-11-12-10(13-14-11)15-20(16,17)9-6-4-5-8(7-9)18-2/h4-7H,3H2,1-2H3,(H2,12,13,14,15). The lowest BCUT2D eigenvalue weighted by atomic mass is 10.3. The van der Waals surface area contributed by atoms with Gasteiger partial charge in [-0.15, -0.1) is 5.10 Å². The molecule has 0 amide bonds. The number of anilines is 1. The summed E-state index contributed by atoms with van der Waals surface area (Å²) in [6.45, 7) is 2.16. The van der Waals surface area contributed by atoms with E-state index < -0.39 is 10.0 Å². The number of hydrogen-bond donors (Lipinski definition) is 2. The summed E-state index contributed by atoms with van der Waals surface area (Å²) in [6, 6.07) is 6.17. The van der Waals surface area contributed by atoms with E-state index in [1.807, 2.05) is 0 Å². The lowest BCUT2D eigenvalue weighted by Gasteiger charge is -2.06. The number of H-pyrrole nitrogens is 1. The van der Waals surface area contributed by atoms with E-state index in [1.165, 1.54) is 19.2 Å². The Kier molecular flexibility index (Phi) is 4.08. The molecule has 0 unspecified atom stereocenters. The Labute approximate surface area is 116 Å². The first kappa shape index (κ1) is 14.1. The van der Waals surface area contributed by atoms with Gasteiger partial charge in [0.15, 0.2) is 0 Å². The van der Waals surface area contributed by atoms with Crippen molar-refractivity contribution >= 4 is 16.0 Å². The summed E-state index contributed by atoms with van der Waals surface area (Å²) in [5, 5.41) is 6.14. The van der Waals surface area contributed by atoms with Crippen LogP contribution in [0.2, 0.25) is 0 Å². The zero-order valence-electron chi connectivity index (χ0n) is 11.0. The van der Waals surface area contributed by atoms with Crippen LogP contribution in [-0.2, 0) is 10.0 Å². The van der Waals surface area contributed by atoms with E-state index in [-0.39, 0.29) is 16.9 Å². The molecule has 1 aromatic carbocycles. The van der Waals surface area contributed by atoms with Crippen molar-refractivity contribution in [3.8, 4) is 11.8 Å². The molecule has 8 nitrogen and oxygen atoms in total. The minimum absolute atomic E-state index is 0.0173. The van der Waals surface area contributed by atoms with Crippen LogP contribution in [0.5, 0.6) is 11.8 Å². The van der Waals surface area contributed by atoms with Crippen LogP contribution in [-0.4, -0.2) is 37.3 Å². The number of nitrogens with one attached hydrogen (secondary N) is 2. The van der Waals surface area contributed by atoms with Gasteiger partial charge in [0, 0.05) is 6.07 Å². The van der Waals surface area contributed by atoms with Crippen LogP contribution in [0, 0.1) is 0 Å². The van der Waals surface area contributed by atoms with E-state index in [9.17, 15) is 8.42 Å². The number of aromatic nitrogens is 3. The Bertz CT molecular complexity index is 683. The quantitative estimate of drug-likeness (QED) is 0.824. The van der Waals surface area contributed by atoms with Gasteiger partial charge < -0.3 is 9.47 Å². The molecule has 0 aliphatic heterocycles. The van der Waals surface area contributed by atoms with Gasteiger partial charge in [0.05, 0.1) is 18.6 Å². The minimum Gasteiger partial charge on any atom is -0.497 e. The van der Waals surface area contributed by atoms with Gasteiger partial charge in [0.25, 0.3) is 10.0 Å². The van der Waals surface area contributed by atoms with Gasteiger partial charge in [0.2, 0.25) is 5.95 Å². The Hall–Kier alpha value is -2.29. The van der Waals surface area contributed by atoms with Gasteiger partial charge in [-0.2, -0.15) is 4.98 Å². The average Bonchev–Trinajstić information content (AvgIpc) is 2.86. The zero-order valence-corrected chi connectivity index (χ0v) is 11.8. The molecule has 0 saturated heterocycles. The van der Waals surface area contributed by atoms with Gasteiger partial charge in [-0.25, -0.2) is 18.2 Å². The van der Waals surface area contributed by atoms with Crippen LogP contribution in [0.25, 0.3) is 0 Å². The van der Waals surface area contributed by atoms with Crippen molar-refractivity contribution in [2.75, 3.05) is 18.4 Å². The van der Waals surface area contributed by atoms with Crippen molar-refractivity contribution in [3.05, 3.63) is 24.3 Å². The molecule has 9 heteroatoms. The number of benzene rings is 1. The monoisotopic (exact) mass is 298 g/mol. The van der Waals surface area contributed by atoms with Crippen LogP contribution in [0.15, 0.2) is 29.2 Å². The minimum atomic E-state index is -3.77. The second kappa shape index (κ2) is 5.78. The maximum atomic E-state index is 12.1. The van der Waals surface area contributed by atoms with Crippen molar-refractivity contribution in [2.45, 2.75) is 11.8 Å². The molecule has 0 aliphatic carbocycles. The molecule has 0 radical (unpaired) electrons. The molecular weight excluding hydrogens is 284 g/mol. The number of rotatable bonds is 6. The van der Waals surface area contributed by atoms with E-state index in [0.717, 1.165) is 0 Å². The lowest BCUT2D eigenvalue weighted by molar-refractivity contribution is 0.314. The number of nitrogens with zero attached hydrogens (tertiary/aromatic N) is 2. The maximum absolute atomic E-state index is 12.1. The van der Waals surface area contributed by atoms with Crippen molar-refractivity contribution in [1.82, 2.24) is 15.2 Å². The molecule has 1 heterocycles. The van der Waals surface area contributed by atoms with Crippen LogP contribution in [0.4, 0.5) is 5.95 Å². The molecule has 1 aromatic heterocycles. The molecular formula is C11H14N4O4S. The smallest absolute Gasteiger partial charge is 0.337 e. The Morgan fingerprint density at radius 1 is 1.40 bits per heavy atom. The molecule has 108 valence electrons. The molecule has 0 fully saturated rings. The third-order valence-electron chi connectivity index (χ3n) is 2.32. The first-order valence-corrected chi connectivity index (χ1v) is 7.25. The Morgan fingerprint density at radius 3 is 2.90 bits per heavy atom. The molecule has 2 N–H and O–H groups in total. The highest BCUT2D eigenvalue weighted by atomic mass is 32.2. The Morgan fingerprint density at radius 2 is 2.20 bits per heavy atom. The van der Waals surface area contributed by atoms with Crippen LogP contribution in [0.1, 0.15) is 6.92 Å². The van der Waals surface area contributed by atoms with Crippen LogP contribution < -0.4 is 14.2 Å². The summed E-state index contributed by atoms with van der Waals surface area (Å²) in [7, 11) is -2.30. The third-order valence-corrected chi connectivity index (χ3v) is 3.66. The molecule has 0 spiro atoms. The van der Waals surface area contributed by atoms with Gasteiger partial charge in [-0.1, -0.05) is 6.07 Å². The molecule has 0 saturated carbocycles. The number of aromatic amines is 1. The van der Waals surface area contributed by atoms with Gasteiger partial charge >= 0.3 is 6.01 Å². The number of sulfonamides is 1. The van der Waals surface area contributed by atoms with Crippen molar-refractivity contribution < 1.29 is 17.9 Å². The van der Waals surface area contributed by atoms with E-state index in [1.54, 1.807) is 19.1 Å². The fourth-order valence-electron chi connectivity index (χ4n) is 1.44. The summed E-state index contributed by atoms with van der Waals surface area (Å²) in [6.07, 6.45) is 0. The molecule has 2 aromatic rings. The topological polar surface area (TPSA) is 106 Å². The van der Waals surface area contributed by atoms with Crippen LogP contribution in [0.3, 0.4) is 0 Å². The predicted molar refractivity (Wildman–Crippen MR) is 71.4 cm³/mol. The first-order chi connectivity index (χ1) is 9.55. The second-order valence-electron chi connectivity index (χ2n) is 3.68. The number of ether oxygens (including phenoxy) is 2. The Balaban J connectivity index is 2.21. The largest absolute Gasteiger partial charge is 0.497 e. The van der Waals surface area contributed by atoms with E-state index in [4.69, 9.17) is 9.47 Å². The predicted octanol–water partition coefficient (Wildman–Crippen LogP) is 1.01. The van der Waals surface area contributed by atoms with Gasteiger partial charge in [-0.05, 0) is 19.1 Å². The van der Waals surface area contributed by atoms with Crippen molar-refractivity contribution in [2.24, 2.45) is 0 Å². The van der Waals surface area contributed by atoms with Gasteiger partial charge in [-0.3, -0.25) is 0 Å². The highest BCUT2D eigenvalue weighted by molar-refractivity contribution is 7.92. The fourth-order valence-corrected chi connectivity index (χ4v) is 2.43. The van der Waals surface area contributed by atoms with Crippen LogP contribution >= 0.6 is 0 Å². The second-order valence-corrected chi connectivity index (χ2v) is 5.37. The highest BCUT2D eigenvalue weighted by Crippen LogP contribution is 2.19. The van der Waals surface area contributed by atoms with Gasteiger partial charge in [0.1, 0.15) is 5.75 Å². The summed E-state index contributed by atoms with van der Waals surface area (Å²) in [4.78, 5) is 3.90. The summed E-state index contributed by atoms with van der Waals surface area (Å²) in [5.41, 5.74) is 0. The normalized spacial score (nSPS) is 11.1. The maximum Gasteiger partial charge on any atom is 0.337 e. The molecule has 2 rings (SSSR count). The summed E-state index contributed by atoms with van der Waals surface area (Å²) < 4.78 is 36.6. The molecule has 20 heavy (non-hydrogen) atoms. The highest BCUT2D eigenvalue weighted by Gasteiger charge is 2.17. The third kappa shape index (κ3) is 3.18. The summed E-state index contributed by atoms with van der Waals surface area (Å²) in [5.74, 6) is 0.428. The lowest BCUT2D eigenvalue weighted by Crippen LogP contribution is -2.14. The van der Waals surface area contributed by atoms with E-state index in [2.05, 4.69) is 19.9 Å². The number of hydrogen-bond acceptors (Lipinski definition) is 6. The molecule has 0 atom stereocenters. The van der Waals surface area contributed by atoms with Crippen molar-refractivity contribution in [1.29, 1.82) is 0 Å². The van der Waals surface area contributed by atoms with E-state index >= 15 is 0 Å². The first-order valence-electron chi connectivity index (χ1n) is 5.77. The van der Waals surface area contributed by atoms with Crippen molar-refractivity contribution in [3.63, 3.8) is 0 Å². The number of methoxy groups -OCH3 is 1. The summed E-state index contributed by atoms with van der Waals surface area (Å²) >= 11 is 0. The molecule has 0 aliphatic rings. The van der Waals surface area contributed by atoms with E-state index in [0.29, 0.717) is 12.4 Å².